The van der Waals surface area contributed by atoms with Crippen LogP contribution in [0.5, 0.6) is 5.75 Å². The molecule has 0 radical (unpaired) electrons. The molecular weight excluding hydrogens is 432 g/mol. The summed E-state index contributed by atoms with van der Waals surface area (Å²) in [6, 6.07) is 11.5. The van der Waals surface area contributed by atoms with Crippen LogP contribution < -0.4 is 20.7 Å². The first-order valence-electron chi connectivity index (χ1n) is 9.93. The van der Waals surface area contributed by atoms with E-state index < -0.39 is 18.0 Å². The molecule has 0 aliphatic heterocycles. The summed E-state index contributed by atoms with van der Waals surface area (Å²) in [6.07, 6.45) is 0.00253. The van der Waals surface area contributed by atoms with Crippen molar-refractivity contribution in [3.05, 3.63) is 48.0 Å². The Labute approximate surface area is 189 Å². The molecule has 1 atom stereocenters. The quantitative estimate of drug-likeness (QED) is 0.440. The van der Waals surface area contributed by atoms with Crippen molar-refractivity contribution in [2.45, 2.75) is 26.3 Å². The maximum Gasteiger partial charge on any atom is 0.319 e. The number of hydrogen-bond acceptors (Lipinski definition) is 7. The van der Waals surface area contributed by atoms with E-state index in [-0.39, 0.29) is 18.9 Å². The summed E-state index contributed by atoms with van der Waals surface area (Å²) >= 11 is 1.27. The molecule has 2 aromatic carbocycles. The minimum Gasteiger partial charge on any atom is -0.494 e. The van der Waals surface area contributed by atoms with Crippen LogP contribution in [-0.4, -0.2) is 36.6 Å². The van der Waals surface area contributed by atoms with Gasteiger partial charge in [-0.3, -0.25) is 9.59 Å². The molecule has 0 fully saturated rings. The fourth-order valence-corrected chi connectivity index (χ4v) is 4.05. The lowest BCUT2D eigenvalue weighted by Crippen LogP contribution is -2.34. The highest BCUT2D eigenvalue weighted by Gasteiger charge is 2.20. The number of urea groups is 1. The van der Waals surface area contributed by atoms with Gasteiger partial charge in [-0.25, -0.2) is 9.78 Å². The zero-order valence-corrected chi connectivity index (χ0v) is 18.7. The summed E-state index contributed by atoms with van der Waals surface area (Å²) in [5.41, 5.74) is 1.84. The van der Waals surface area contributed by atoms with Gasteiger partial charge in [-0.15, -0.1) is 0 Å². The van der Waals surface area contributed by atoms with Crippen LogP contribution in [0.3, 0.4) is 0 Å². The van der Waals surface area contributed by atoms with Crippen molar-refractivity contribution in [2.75, 3.05) is 24.4 Å². The first kappa shape index (κ1) is 23.0. The summed E-state index contributed by atoms with van der Waals surface area (Å²) in [5, 5.41) is 8.68. The lowest BCUT2D eigenvalue weighted by atomic mass is 10.0. The standard InChI is InChI=1S/C22H24N4O5S/c1-4-31-19(28)12-16(14-8-6-5-7-9-14)25-21(29)24-15-10-17(30-3)20-18(11-15)32-22(26-20)23-13(2)27/h5-11,16H,4,12H2,1-3H3,(H,23,26,27)(H2,24,25,29)/t16-/m0/s1. The van der Waals surface area contributed by atoms with Crippen molar-refractivity contribution in [1.29, 1.82) is 0 Å². The van der Waals surface area contributed by atoms with Crippen molar-refractivity contribution < 1.29 is 23.9 Å². The fraction of sp³-hybridized carbons (Fsp3) is 0.273. The van der Waals surface area contributed by atoms with Crippen molar-refractivity contribution >= 4 is 50.3 Å². The Kier molecular flexibility index (Phi) is 7.61. The van der Waals surface area contributed by atoms with E-state index in [1.54, 1.807) is 19.1 Å². The molecule has 0 spiro atoms. The molecule has 168 valence electrons. The number of esters is 1. The smallest absolute Gasteiger partial charge is 0.319 e. The second kappa shape index (κ2) is 10.6. The summed E-state index contributed by atoms with van der Waals surface area (Å²) in [7, 11) is 1.50. The van der Waals surface area contributed by atoms with E-state index in [9.17, 15) is 14.4 Å². The average molecular weight is 457 g/mol. The highest BCUT2D eigenvalue weighted by molar-refractivity contribution is 7.22. The lowest BCUT2D eigenvalue weighted by Gasteiger charge is -2.19. The Balaban J connectivity index is 1.79. The topological polar surface area (TPSA) is 119 Å². The Morgan fingerprint density at radius 1 is 1.12 bits per heavy atom. The minimum absolute atomic E-state index is 0.00253. The van der Waals surface area contributed by atoms with Crippen molar-refractivity contribution in [3.63, 3.8) is 0 Å². The summed E-state index contributed by atoms with van der Waals surface area (Å²) in [4.78, 5) is 40.5. The molecule has 1 aromatic heterocycles. The third-order valence-corrected chi connectivity index (χ3v) is 5.32. The normalized spacial score (nSPS) is 11.5. The molecule has 3 aromatic rings. The molecule has 0 saturated heterocycles. The van der Waals surface area contributed by atoms with E-state index in [2.05, 4.69) is 20.9 Å². The largest absolute Gasteiger partial charge is 0.494 e. The van der Waals surface area contributed by atoms with Gasteiger partial charge in [0.1, 0.15) is 11.3 Å². The van der Waals surface area contributed by atoms with Crippen molar-refractivity contribution in [3.8, 4) is 5.75 Å². The van der Waals surface area contributed by atoms with Crippen LogP contribution in [0, 0.1) is 0 Å². The Hall–Kier alpha value is -3.66. The van der Waals surface area contributed by atoms with Crippen molar-refractivity contribution in [2.24, 2.45) is 0 Å². The summed E-state index contributed by atoms with van der Waals surface area (Å²) in [5.74, 6) is -0.175. The van der Waals surface area contributed by atoms with Gasteiger partial charge in [0.25, 0.3) is 0 Å². The third kappa shape index (κ3) is 5.94. The van der Waals surface area contributed by atoms with Gasteiger partial charge in [-0.05, 0) is 18.6 Å². The number of nitrogens with zero attached hydrogens (tertiary/aromatic N) is 1. The number of carbonyl (C=O) groups excluding carboxylic acids is 3. The number of benzene rings is 2. The molecule has 0 bridgehead atoms. The second-order valence-corrected chi connectivity index (χ2v) is 7.83. The maximum atomic E-state index is 12.7. The Bertz CT molecular complexity index is 1120. The van der Waals surface area contributed by atoms with E-state index in [0.717, 1.165) is 10.3 Å². The number of thiazole rings is 1. The van der Waals surface area contributed by atoms with Crippen LogP contribution in [0.2, 0.25) is 0 Å². The summed E-state index contributed by atoms with van der Waals surface area (Å²) in [6.45, 7) is 3.40. The second-order valence-electron chi connectivity index (χ2n) is 6.80. The summed E-state index contributed by atoms with van der Waals surface area (Å²) < 4.78 is 11.2. The number of nitrogens with one attached hydrogen (secondary N) is 3. The lowest BCUT2D eigenvalue weighted by molar-refractivity contribution is -0.143. The van der Waals surface area contributed by atoms with Gasteiger partial charge in [0.15, 0.2) is 5.13 Å². The first-order valence-corrected chi connectivity index (χ1v) is 10.8. The predicted molar refractivity (Wildman–Crippen MR) is 123 cm³/mol. The van der Waals surface area contributed by atoms with Crippen LogP contribution in [0.4, 0.5) is 15.6 Å². The van der Waals surface area contributed by atoms with Gasteiger partial charge in [0.2, 0.25) is 5.91 Å². The molecular formula is C22H24N4O5S. The van der Waals surface area contributed by atoms with Gasteiger partial charge < -0.3 is 25.4 Å². The molecule has 3 N–H and O–H groups in total. The van der Waals surface area contributed by atoms with Gasteiger partial charge >= 0.3 is 12.0 Å². The number of fused-ring (bicyclic) bond motifs is 1. The SMILES string of the molecule is CCOC(=O)C[C@H](NC(=O)Nc1cc(OC)c2nc(NC(C)=O)sc2c1)c1ccccc1. The van der Waals surface area contributed by atoms with E-state index in [4.69, 9.17) is 9.47 Å². The van der Waals surface area contributed by atoms with Gasteiger partial charge in [-0.1, -0.05) is 41.7 Å². The molecule has 10 heteroatoms. The number of hydrogen-bond donors (Lipinski definition) is 3. The molecule has 0 saturated carbocycles. The van der Waals surface area contributed by atoms with E-state index >= 15 is 0 Å². The van der Waals surface area contributed by atoms with E-state index in [1.807, 2.05) is 30.3 Å². The molecule has 0 unspecified atom stereocenters. The number of rotatable bonds is 8. The molecule has 0 aliphatic carbocycles. The van der Waals surface area contributed by atoms with Crippen LogP contribution in [0.1, 0.15) is 31.9 Å². The van der Waals surface area contributed by atoms with Gasteiger partial charge in [0, 0.05) is 18.7 Å². The molecule has 32 heavy (non-hydrogen) atoms. The molecule has 0 aliphatic rings. The fourth-order valence-electron chi connectivity index (χ4n) is 3.08. The molecule has 9 nitrogen and oxygen atoms in total. The highest BCUT2D eigenvalue weighted by Crippen LogP contribution is 2.35. The van der Waals surface area contributed by atoms with Gasteiger partial charge in [0.05, 0.1) is 30.9 Å². The number of anilines is 2. The van der Waals surface area contributed by atoms with Crippen LogP contribution in [0.25, 0.3) is 10.2 Å². The van der Waals surface area contributed by atoms with Crippen molar-refractivity contribution in [1.82, 2.24) is 10.3 Å². The van der Waals surface area contributed by atoms with E-state index in [1.165, 1.54) is 25.4 Å². The van der Waals surface area contributed by atoms with E-state index in [0.29, 0.717) is 22.1 Å². The number of carbonyl (C=O) groups is 3. The zero-order chi connectivity index (χ0) is 23.1. The Morgan fingerprint density at radius 3 is 2.53 bits per heavy atom. The predicted octanol–water partition coefficient (Wildman–Crippen LogP) is 4.08. The minimum atomic E-state index is -0.560. The highest BCUT2D eigenvalue weighted by atomic mass is 32.1. The van der Waals surface area contributed by atoms with Gasteiger partial charge in [-0.2, -0.15) is 0 Å². The average Bonchev–Trinajstić information content (AvgIpc) is 3.15. The maximum absolute atomic E-state index is 12.7. The molecule has 1 heterocycles. The van der Waals surface area contributed by atoms with Crippen LogP contribution >= 0.6 is 11.3 Å². The number of ether oxygens (including phenoxy) is 2. The van der Waals surface area contributed by atoms with Crippen LogP contribution in [-0.2, 0) is 14.3 Å². The number of amides is 3. The van der Waals surface area contributed by atoms with Crippen LogP contribution in [0.15, 0.2) is 42.5 Å². The monoisotopic (exact) mass is 456 g/mol. The number of methoxy groups -OCH3 is 1. The molecule has 3 rings (SSSR count). The Morgan fingerprint density at radius 2 is 1.88 bits per heavy atom. The first-order chi connectivity index (χ1) is 15.4. The zero-order valence-electron chi connectivity index (χ0n) is 17.9. The molecule has 3 amide bonds. The third-order valence-electron chi connectivity index (χ3n) is 4.40. The number of aromatic nitrogens is 1.